The highest BCUT2D eigenvalue weighted by Gasteiger charge is 2.20. The van der Waals surface area contributed by atoms with Crippen molar-refractivity contribution in [2.45, 2.75) is 13.1 Å². The third-order valence-electron chi connectivity index (χ3n) is 5.17. The minimum atomic E-state index is 0.0775. The van der Waals surface area contributed by atoms with Gasteiger partial charge in [-0.1, -0.05) is 53.7 Å². The Morgan fingerprint density at radius 3 is 2.28 bits per heavy atom. The van der Waals surface area contributed by atoms with E-state index in [1.165, 1.54) is 0 Å². The second-order valence-corrected chi connectivity index (χ2v) is 7.29. The average Bonchev–Trinajstić information content (AvgIpc) is 3.23. The highest BCUT2D eigenvalue weighted by molar-refractivity contribution is 5.78. The number of piperazine rings is 1. The molecule has 0 radical (unpaired) electrons. The summed E-state index contributed by atoms with van der Waals surface area (Å²) in [6, 6.07) is 20.1. The zero-order valence-corrected chi connectivity index (χ0v) is 16.4. The first-order chi connectivity index (χ1) is 14.3. The summed E-state index contributed by atoms with van der Waals surface area (Å²) in [7, 11) is 0. The van der Waals surface area contributed by atoms with Crippen molar-refractivity contribution in [1.29, 1.82) is 0 Å². The quantitative estimate of drug-likeness (QED) is 0.665. The number of hydrogen-bond donors (Lipinski definition) is 1. The molecule has 0 bridgehead atoms. The molecule has 1 aliphatic heterocycles. The van der Waals surface area contributed by atoms with Crippen LogP contribution in [0.25, 0.3) is 5.69 Å². The number of hydrogen-bond acceptors (Lipinski definition) is 5. The molecule has 7 heteroatoms. The van der Waals surface area contributed by atoms with Crippen LogP contribution in [0.3, 0.4) is 0 Å². The smallest absolute Gasteiger partial charge is 0.234 e. The Kier molecular flexibility index (Phi) is 6.29. The molecule has 1 aromatic heterocycles. The number of carbonyl (C=O) groups excluding carboxylic acids is 1. The zero-order valence-electron chi connectivity index (χ0n) is 16.4. The summed E-state index contributed by atoms with van der Waals surface area (Å²) in [4.78, 5) is 16.8. The zero-order chi connectivity index (χ0) is 19.9. The fourth-order valence-electron chi connectivity index (χ4n) is 3.54. The fourth-order valence-corrected chi connectivity index (χ4v) is 3.54. The molecule has 2 aromatic carbocycles. The van der Waals surface area contributed by atoms with E-state index < -0.39 is 0 Å². The Labute approximate surface area is 170 Å². The van der Waals surface area contributed by atoms with E-state index in [-0.39, 0.29) is 5.91 Å². The standard InChI is InChI=1S/C22H26N6O/c29-22(23-15-19-7-3-1-4-8-19)18-27-13-11-26(12-14-27)17-21-16-24-25-28(21)20-9-5-2-6-10-20/h1-10,16H,11-15,17-18H2,(H,23,29). The molecule has 1 aliphatic rings. The predicted octanol–water partition coefficient (Wildman–Crippen LogP) is 1.70. The third kappa shape index (κ3) is 5.28. The van der Waals surface area contributed by atoms with Gasteiger partial charge in [-0.05, 0) is 17.7 Å². The summed E-state index contributed by atoms with van der Waals surface area (Å²) in [5.74, 6) is 0.0775. The van der Waals surface area contributed by atoms with E-state index in [0.29, 0.717) is 13.1 Å². The van der Waals surface area contributed by atoms with Crippen LogP contribution in [-0.2, 0) is 17.9 Å². The lowest BCUT2D eigenvalue weighted by molar-refractivity contribution is -0.122. The molecule has 1 saturated heterocycles. The molecule has 1 fully saturated rings. The summed E-state index contributed by atoms with van der Waals surface area (Å²) < 4.78 is 1.89. The molecule has 2 heterocycles. The van der Waals surface area contributed by atoms with E-state index in [2.05, 4.69) is 25.4 Å². The normalized spacial score (nSPS) is 15.3. The molecular formula is C22H26N6O. The van der Waals surface area contributed by atoms with Gasteiger partial charge in [-0.2, -0.15) is 0 Å². The van der Waals surface area contributed by atoms with Crippen molar-refractivity contribution in [2.75, 3.05) is 32.7 Å². The first kappa shape index (κ1) is 19.3. The van der Waals surface area contributed by atoms with Crippen LogP contribution in [0.5, 0.6) is 0 Å². The van der Waals surface area contributed by atoms with E-state index >= 15 is 0 Å². The number of aromatic nitrogens is 3. The number of amides is 1. The molecule has 150 valence electrons. The molecule has 0 saturated carbocycles. The van der Waals surface area contributed by atoms with Crippen LogP contribution < -0.4 is 5.32 Å². The van der Waals surface area contributed by atoms with Gasteiger partial charge < -0.3 is 5.32 Å². The van der Waals surface area contributed by atoms with Crippen LogP contribution in [0.1, 0.15) is 11.3 Å². The van der Waals surface area contributed by atoms with Gasteiger partial charge in [-0.3, -0.25) is 14.6 Å². The maximum Gasteiger partial charge on any atom is 0.234 e. The largest absolute Gasteiger partial charge is 0.351 e. The number of rotatable bonds is 7. The van der Waals surface area contributed by atoms with Crippen LogP contribution in [0.4, 0.5) is 0 Å². The Hall–Kier alpha value is -3.03. The highest BCUT2D eigenvalue weighted by Crippen LogP contribution is 2.12. The summed E-state index contributed by atoms with van der Waals surface area (Å²) in [5, 5.41) is 11.3. The SMILES string of the molecule is O=C(CN1CCN(Cc2cnnn2-c2ccccc2)CC1)NCc1ccccc1. The van der Waals surface area contributed by atoms with Gasteiger partial charge >= 0.3 is 0 Å². The summed E-state index contributed by atoms with van der Waals surface area (Å²) in [6.45, 7) is 5.44. The predicted molar refractivity (Wildman–Crippen MR) is 111 cm³/mol. The molecule has 0 atom stereocenters. The second-order valence-electron chi connectivity index (χ2n) is 7.29. The summed E-state index contributed by atoms with van der Waals surface area (Å²) in [5.41, 5.74) is 3.22. The van der Waals surface area contributed by atoms with E-state index in [9.17, 15) is 4.79 Å². The Bertz CT molecular complexity index is 903. The van der Waals surface area contributed by atoms with Crippen molar-refractivity contribution in [1.82, 2.24) is 30.1 Å². The van der Waals surface area contributed by atoms with Crippen molar-refractivity contribution in [3.05, 3.63) is 78.1 Å². The minimum Gasteiger partial charge on any atom is -0.351 e. The molecule has 0 aliphatic carbocycles. The minimum absolute atomic E-state index is 0.0775. The maximum atomic E-state index is 12.2. The maximum absolute atomic E-state index is 12.2. The van der Waals surface area contributed by atoms with Crippen LogP contribution in [-0.4, -0.2) is 63.4 Å². The van der Waals surface area contributed by atoms with E-state index in [0.717, 1.165) is 49.7 Å². The summed E-state index contributed by atoms with van der Waals surface area (Å²) in [6.07, 6.45) is 1.83. The fraction of sp³-hybridized carbons (Fsp3) is 0.318. The molecule has 3 aromatic rings. The van der Waals surface area contributed by atoms with E-state index in [1.54, 1.807) is 0 Å². The van der Waals surface area contributed by atoms with Crippen molar-refractivity contribution >= 4 is 5.91 Å². The third-order valence-corrected chi connectivity index (χ3v) is 5.17. The first-order valence-electron chi connectivity index (χ1n) is 9.98. The number of benzene rings is 2. The van der Waals surface area contributed by atoms with Gasteiger partial charge in [0, 0.05) is 39.3 Å². The van der Waals surface area contributed by atoms with Gasteiger partial charge in [-0.15, -0.1) is 5.10 Å². The Morgan fingerprint density at radius 2 is 1.55 bits per heavy atom. The van der Waals surface area contributed by atoms with Crippen LogP contribution >= 0.6 is 0 Å². The second kappa shape index (κ2) is 9.45. The highest BCUT2D eigenvalue weighted by atomic mass is 16.2. The Morgan fingerprint density at radius 1 is 0.897 bits per heavy atom. The van der Waals surface area contributed by atoms with Gasteiger partial charge in [0.25, 0.3) is 0 Å². The van der Waals surface area contributed by atoms with Crippen molar-refractivity contribution in [3.63, 3.8) is 0 Å². The topological polar surface area (TPSA) is 66.3 Å². The molecule has 0 spiro atoms. The molecule has 4 rings (SSSR count). The molecular weight excluding hydrogens is 364 g/mol. The van der Waals surface area contributed by atoms with Gasteiger partial charge in [0.1, 0.15) is 0 Å². The molecule has 7 nitrogen and oxygen atoms in total. The lowest BCUT2D eigenvalue weighted by Crippen LogP contribution is -2.49. The van der Waals surface area contributed by atoms with Gasteiger partial charge in [0.2, 0.25) is 5.91 Å². The van der Waals surface area contributed by atoms with Crippen molar-refractivity contribution < 1.29 is 4.79 Å². The first-order valence-corrected chi connectivity index (χ1v) is 9.98. The lowest BCUT2D eigenvalue weighted by Gasteiger charge is -2.34. The van der Waals surface area contributed by atoms with Crippen LogP contribution in [0, 0.1) is 0 Å². The number of para-hydroxylation sites is 1. The number of carbonyl (C=O) groups is 1. The molecule has 29 heavy (non-hydrogen) atoms. The molecule has 1 N–H and O–H groups in total. The van der Waals surface area contributed by atoms with Crippen LogP contribution in [0.2, 0.25) is 0 Å². The average molecular weight is 390 g/mol. The summed E-state index contributed by atoms with van der Waals surface area (Å²) >= 11 is 0. The van der Waals surface area contributed by atoms with Gasteiger partial charge in [-0.25, -0.2) is 4.68 Å². The van der Waals surface area contributed by atoms with E-state index in [1.807, 2.05) is 71.5 Å². The number of nitrogens with one attached hydrogen (secondary N) is 1. The Balaban J connectivity index is 1.23. The lowest BCUT2D eigenvalue weighted by atomic mass is 10.2. The molecule has 0 unspecified atom stereocenters. The van der Waals surface area contributed by atoms with E-state index in [4.69, 9.17) is 0 Å². The monoisotopic (exact) mass is 390 g/mol. The number of nitrogens with zero attached hydrogens (tertiary/aromatic N) is 5. The van der Waals surface area contributed by atoms with Crippen molar-refractivity contribution in [2.24, 2.45) is 0 Å². The molecule has 1 amide bonds. The van der Waals surface area contributed by atoms with Crippen LogP contribution in [0.15, 0.2) is 66.9 Å². The van der Waals surface area contributed by atoms with Gasteiger partial charge in [0.05, 0.1) is 24.1 Å². The van der Waals surface area contributed by atoms with Crippen molar-refractivity contribution in [3.8, 4) is 5.69 Å². The van der Waals surface area contributed by atoms with Gasteiger partial charge in [0.15, 0.2) is 0 Å².